The highest BCUT2D eigenvalue weighted by molar-refractivity contribution is 5.84. The molecule has 0 aliphatic heterocycles. The van der Waals surface area contributed by atoms with Gasteiger partial charge in [-0.05, 0) is 83.8 Å². The summed E-state index contributed by atoms with van der Waals surface area (Å²) in [6.45, 7) is 0.610. The maximum absolute atomic E-state index is 14.6. The third kappa shape index (κ3) is 6.09. The van der Waals surface area contributed by atoms with Crippen LogP contribution >= 0.6 is 0 Å². The predicted octanol–water partition coefficient (Wildman–Crippen LogP) is 6.77. The minimum atomic E-state index is -0.941. The first-order chi connectivity index (χ1) is 16.9. The Balaban J connectivity index is 1.50. The summed E-state index contributed by atoms with van der Waals surface area (Å²) in [4.78, 5) is 0. The maximum atomic E-state index is 14.6. The first-order valence-corrected chi connectivity index (χ1v) is 10.9. The van der Waals surface area contributed by atoms with Crippen LogP contribution in [0.4, 0.5) is 17.6 Å². The zero-order chi connectivity index (χ0) is 24.8. The summed E-state index contributed by atoms with van der Waals surface area (Å²) in [6.07, 6.45) is 1.51. The molecule has 0 amide bonds. The van der Waals surface area contributed by atoms with Crippen LogP contribution in [0, 0.1) is 47.0 Å². The number of hydrogen-bond donors (Lipinski definition) is 0. The van der Waals surface area contributed by atoms with E-state index < -0.39 is 23.3 Å². The molecule has 1 nitrogen and oxygen atoms in total. The summed E-state index contributed by atoms with van der Waals surface area (Å²) in [5, 5.41) is 1.04. The van der Waals surface area contributed by atoms with E-state index >= 15 is 0 Å². The minimum absolute atomic E-state index is 0.160. The van der Waals surface area contributed by atoms with Gasteiger partial charge in [0, 0.05) is 24.8 Å². The molecule has 174 valence electrons. The average molecular weight is 472 g/mol. The summed E-state index contributed by atoms with van der Waals surface area (Å²) in [5.41, 5.74) is 2.18. The fourth-order valence-electron chi connectivity index (χ4n) is 3.53. The number of ether oxygens (including phenoxy) is 1. The number of halogens is 4. The Morgan fingerprint density at radius 1 is 0.600 bits per heavy atom. The van der Waals surface area contributed by atoms with E-state index in [9.17, 15) is 17.6 Å². The number of aryl methyl sites for hydroxylation is 1. The first kappa shape index (κ1) is 24.1. The molecule has 0 unspecified atom stereocenters. The molecule has 0 saturated heterocycles. The molecule has 0 aliphatic rings. The highest BCUT2D eigenvalue weighted by Gasteiger charge is 2.05. The van der Waals surface area contributed by atoms with Gasteiger partial charge >= 0.3 is 0 Å². The summed E-state index contributed by atoms with van der Waals surface area (Å²) >= 11 is 0. The van der Waals surface area contributed by atoms with Gasteiger partial charge < -0.3 is 4.74 Å². The van der Waals surface area contributed by atoms with Gasteiger partial charge in [-0.3, -0.25) is 0 Å². The van der Waals surface area contributed by atoms with Crippen LogP contribution in [0.2, 0.25) is 0 Å². The van der Waals surface area contributed by atoms with Crippen molar-refractivity contribution in [3.63, 3.8) is 0 Å². The zero-order valence-electron chi connectivity index (χ0n) is 18.9. The van der Waals surface area contributed by atoms with E-state index in [0.717, 1.165) is 24.1 Å². The Morgan fingerprint density at radius 3 is 1.86 bits per heavy atom. The number of methoxy groups -OCH3 is 1. The van der Waals surface area contributed by atoms with Crippen LogP contribution < -0.4 is 0 Å². The molecule has 0 heterocycles. The van der Waals surface area contributed by atoms with E-state index in [-0.39, 0.29) is 11.1 Å². The molecule has 0 bridgehead atoms. The Hall–Kier alpha value is -4.06. The van der Waals surface area contributed by atoms with Crippen molar-refractivity contribution in [1.82, 2.24) is 0 Å². The molecular weight excluding hydrogens is 452 g/mol. The van der Waals surface area contributed by atoms with E-state index in [4.69, 9.17) is 4.74 Å². The van der Waals surface area contributed by atoms with E-state index in [2.05, 4.69) is 23.7 Å². The molecule has 0 atom stereocenters. The Labute approximate surface area is 201 Å². The summed E-state index contributed by atoms with van der Waals surface area (Å²) in [7, 11) is 1.62. The number of fused-ring (bicyclic) bond motifs is 1. The summed E-state index contributed by atoms with van der Waals surface area (Å²) < 4.78 is 60.8. The monoisotopic (exact) mass is 472 g/mol. The Kier molecular flexibility index (Phi) is 7.51. The van der Waals surface area contributed by atoms with E-state index in [1.165, 1.54) is 18.2 Å². The van der Waals surface area contributed by atoms with Crippen LogP contribution in [-0.2, 0) is 11.2 Å². The zero-order valence-corrected chi connectivity index (χ0v) is 18.9. The van der Waals surface area contributed by atoms with Gasteiger partial charge in [0.15, 0.2) is 11.6 Å². The lowest BCUT2D eigenvalue weighted by Gasteiger charge is -2.02. The maximum Gasteiger partial charge on any atom is 0.159 e. The largest absolute Gasteiger partial charge is 0.385 e. The number of hydrogen-bond acceptors (Lipinski definition) is 1. The minimum Gasteiger partial charge on any atom is -0.385 e. The third-order valence-corrected chi connectivity index (χ3v) is 5.38. The highest BCUT2D eigenvalue weighted by Crippen LogP contribution is 2.20. The second kappa shape index (κ2) is 10.9. The quantitative estimate of drug-likeness (QED) is 0.181. The van der Waals surface area contributed by atoms with Crippen LogP contribution in [0.3, 0.4) is 0 Å². The molecule has 5 heteroatoms. The Bertz CT molecular complexity index is 1520. The van der Waals surface area contributed by atoms with Crippen molar-refractivity contribution >= 4 is 10.8 Å². The average Bonchev–Trinajstić information content (AvgIpc) is 2.84. The van der Waals surface area contributed by atoms with E-state index in [0.29, 0.717) is 34.9 Å². The van der Waals surface area contributed by atoms with Gasteiger partial charge in [-0.1, -0.05) is 35.8 Å². The normalized spacial score (nSPS) is 10.4. The molecular formula is C30H20F4O. The van der Waals surface area contributed by atoms with Crippen LogP contribution in [0.15, 0.2) is 66.7 Å². The van der Waals surface area contributed by atoms with Gasteiger partial charge in [0.1, 0.15) is 11.6 Å². The molecule has 4 aromatic carbocycles. The van der Waals surface area contributed by atoms with Crippen molar-refractivity contribution in [2.24, 2.45) is 0 Å². The molecule has 0 radical (unpaired) electrons. The predicted molar refractivity (Wildman–Crippen MR) is 129 cm³/mol. The molecule has 4 aromatic rings. The van der Waals surface area contributed by atoms with Crippen LogP contribution in [0.5, 0.6) is 0 Å². The van der Waals surface area contributed by atoms with Gasteiger partial charge in [0.05, 0.1) is 11.1 Å². The molecule has 0 aromatic heterocycles. The Morgan fingerprint density at radius 2 is 1.20 bits per heavy atom. The molecule has 0 aliphatic carbocycles. The lowest BCUT2D eigenvalue weighted by atomic mass is 10.1. The number of benzene rings is 4. The van der Waals surface area contributed by atoms with Crippen molar-refractivity contribution in [1.29, 1.82) is 0 Å². The van der Waals surface area contributed by atoms with Crippen molar-refractivity contribution in [2.75, 3.05) is 13.7 Å². The fourth-order valence-corrected chi connectivity index (χ4v) is 3.53. The van der Waals surface area contributed by atoms with Crippen LogP contribution in [0.25, 0.3) is 10.8 Å². The first-order valence-electron chi connectivity index (χ1n) is 10.9. The molecule has 0 N–H and O–H groups in total. The highest BCUT2D eigenvalue weighted by atomic mass is 19.2. The smallest absolute Gasteiger partial charge is 0.159 e. The fraction of sp³-hybridized carbons (Fsp3) is 0.133. The lowest BCUT2D eigenvalue weighted by Crippen LogP contribution is -1.94. The van der Waals surface area contributed by atoms with Crippen LogP contribution in [-0.4, -0.2) is 13.7 Å². The van der Waals surface area contributed by atoms with Crippen molar-refractivity contribution in [3.05, 3.63) is 118 Å². The molecule has 0 fully saturated rings. The van der Waals surface area contributed by atoms with Gasteiger partial charge in [-0.25, -0.2) is 17.6 Å². The van der Waals surface area contributed by atoms with Gasteiger partial charge in [-0.15, -0.1) is 0 Å². The second-order valence-corrected chi connectivity index (χ2v) is 7.93. The molecule has 35 heavy (non-hydrogen) atoms. The van der Waals surface area contributed by atoms with Crippen molar-refractivity contribution in [2.45, 2.75) is 12.8 Å². The molecule has 0 spiro atoms. The summed E-state index contributed by atoms with van der Waals surface area (Å²) in [5.74, 6) is 8.26. The number of rotatable bonds is 4. The topological polar surface area (TPSA) is 9.23 Å². The van der Waals surface area contributed by atoms with Gasteiger partial charge in [0.2, 0.25) is 0 Å². The standard InChI is InChI=1S/C30H20F4O/c1-35-14-2-3-20-4-9-23(27(31)16-20)11-6-22-7-12-24(28(32)17-22)10-5-21-8-13-25-18-29(33)30(34)19-26(25)15-21/h4,7-9,12-13,15-19H,2-3,14H2,1H3. The van der Waals surface area contributed by atoms with Crippen LogP contribution in [0.1, 0.15) is 34.2 Å². The van der Waals surface area contributed by atoms with Gasteiger partial charge in [0.25, 0.3) is 0 Å². The third-order valence-electron chi connectivity index (χ3n) is 5.38. The van der Waals surface area contributed by atoms with Crippen molar-refractivity contribution < 1.29 is 22.3 Å². The van der Waals surface area contributed by atoms with Gasteiger partial charge in [-0.2, -0.15) is 0 Å². The van der Waals surface area contributed by atoms with E-state index in [1.807, 2.05) is 6.07 Å². The second-order valence-electron chi connectivity index (χ2n) is 7.93. The lowest BCUT2D eigenvalue weighted by molar-refractivity contribution is 0.195. The molecule has 0 saturated carbocycles. The molecule has 4 rings (SSSR count). The summed E-state index contributed by atoms with van der Waals surface area (Å²) in [6, 6.07) is 16.3. The van der Waals surface area contributed by atoms with Crippen molar-refractivity contribution in [3.8, 4) is 23.7 Å². The SMILES string of the molecule is COCCCc1ccc(C#Cc2ccc(C#Cc3ccc4cc(F)c(F)cc4c3)c(F)c2)c(F)c1. The van der Waals surface area contributed by atoms with E-state index in [1.54, 1.807) is 37.4 Å².